The highest BCUT2D eigenvalue weighted by atomic mass is 35.5. The van der Waals surface area contributed by atoms with Gasteiger partial charge in [0, 0.05) is 49.4 Å². The number of hydrogen-bond acceptors (Lipinski definition) is 2. The average Bonchev–Trinajstić information content (AvgIpc) is 3.13. The molecule has 0 bridgehead atoms. The monoisotopic (exact) mass is 373 g/mol. The number of carbonyl (C=O) groups excluding carboxylic acids is 2. The molecule has 6 heteroatoms. The Morgan fingerprint density at radius 1 is 1.15 bits per heavy atom. The summed E-state index contributed by atoms with van der Waals surface area (Å²) < 4.78 is 2.16. The molecule has 0 radical (unpaired) electrons. The Bertz CT molecular complexity index is 787. The molecule has 0 saturated heterocycles. The third-order valence-electron chi connectivity index (χ3n) is 4.70. The number of rotatable bonds is 6. The summed E-state index contributed by atoms with van der Waals surface area (Å²) in [6, 6.07) is 11.4. The molecule has 2 amide bonds. The predicted molar refractivity (Wildman–Crippen MR) is 102 cm³/mol. The Morgan fingerprint density at radius 2 is 1.96 bits per heavy atom. The first-order valence-corrected chi connectivity index (χ1v) is 9.45. The van der Waals surface area contributed by atoms with Crippen LogP contribution < -0.4 is 5.32 Å². The van der Waals surface area contributed by atoms with Crippen molar-refractivity contribution in [3.8, 4) is 0 Å². The third kappa shape index (κ3) is 3.93. The quantitative estimate of drug-likeness (QED) is 0.843. The molecule has 26 heavy (non-hydrogen) atoms. The second kappa shape index (κ2) is 8.41. The molecule has 2 aromatic rings. The first-order valence-electron chi connectivity index (χ1n) is 9.07. The van der Waals surface area contributed by atoms with Gasteiger partial charge in [0.2, 0.25) is 11.8 Å². The third-order valence-corrected chi connectivity index (χ3v) is 5.04. The van der Waals surface area contributed by atoms with Crippen molar-refractivity contribution in [2.24, 2.45) is 0 Å². The standard InChI is InChI=1S/C20H24ClN3O2/c1-2-11-22-18(25)9-10-19(26)24-14-13-23-12-5-8-17(23)20(24)15-6-3-4-7-16(15)21/h3-8,12,20H,2,9-11,13-14H2,1H3,(H,22,25). The molecule has 1 unspecified atom stereocenters. The van der Waals surface area contributed by atoms with Crippen molar-refractivity contribution in [3.63, 3.8) is 0 Å². The van der Waals surface area contributed by atoms with Gasteiger partial charge in [0.25, 0.3) is 0 Å². The van der Waals surface area contributed by atoms with E-state index in [9.17, 15) is 9.59 Å². The number of fused-ring (bicyclic) bond motifs is 1. The zero-order valence-corrected chi connectivity index (χ0v) is 15.7. The number of halogens is 1. The van der Waals surface area contributed by atoms with Gasteiger partial charge in [-0.2, -0.15) is 0 Å². The van der Waals surface area contributed by atoms with Gasteiger partial charge in [-0.15, -0.1) is 0 Å². The van der Waals surface area contributed by atoms with E-state index in [1.165, 1.54) is 0 Å². The summed E-state index contributed by atoms with van der Waals surface area (Å²) >= 11 is 6.43. The smallest absolute Gasteiger partial charge is 0.223 e. The summed E-state index contributed by atoms with van der Waals surface area (Å²) in [5.41, 5.74) is 1.96. The van der Waals surface area contributed by atoms with E-state index in [0.717, 1.165) is 24.2 Å². The van der Waals surface area contributed by atoms with Gasteiger partial charge in [-0.1, -0.05) is 36.7 Å². The number of aromatic nitrogens is 1. The molecule has 1 N–H and O–H groups in total. The number of carbonyl (C=O) groups is 2. The van der Waals surface area contributed by atoms with Gasteiger partial charge in [0.1, 0.15) is 0 Å². The minimum absolute atomic E-state index is 0.0194. The van der Waals surface area contributed by atoms with E-state index in [1.54, 1.807) is 0 Å². The highest BCUT2D eigenvalue weighted by Gasteiger charge is 2.33. The van der Waals surface area contributed by atoms with Gasteiger partial charge in [-0.3, -0.25) is 9.59 Å². The van der Waals surface area contributed by atoms with Crippen LogP contribution in [0.15, 0.2) is 42.6 Å². The van der Waals surface area contributed by atoms with Crippen LogP contribution in [0.25, 0.3) is 0 Å². The Kier molecular flexibility index (Phi) is 5.99. The minimum atomic E-state index is -0.223. The normalized spacial score (nSPS) is 16.2. The Balaban J connectivity index is 1.80. The molecule has 2 heterocycles. The predicted octanol–water partition coefficient (Wildman–Crippen LogP) is 3.38. The fourth-order valence-corrected chi connectivity index (χ4v) is 3.63. The lowest BCUT2D eigenvalue weighted by Gasteiger charge is -2.37. The zero-order chi connectivity index (χ0) is 18.5. The maximum absolute atomic E-state index is 12.9. The average molecular weight is 374 g/mol. The van der Waals surface area contributed by atoms with Crippen molar-refractivity contribution in [2.45, 2.75) is 38.8 Å². The molecule has 138 valence electrons. The maximum atomic E-state index is 12.9. The first-order chi connectivity index (χ1) is 12.6. The van der Waals surface area contributed by atoms with Gasteiger partial charge in [-0.05, 0) is 30.2 Å². The Labute approximate surface area is 158 Å². The second-order valence-corrected chi connectivity index (χ2v) is 6.89. The maximum Gasteiger partial charge on any atom is 0.223 e. The van der Waals surface area contributed by atoms with Gasteiger partial charge >= 0.3 is 0 Å². The van der Waals surface area contributed by atoms with Crippen LogP contribution in [0.1, 0.15) is 43.5 Å². The van der Waals surface area contributed by atoms with Crippen LogP contribution in [0.5, 0.6) is 0 Å². The molecule has 0 fully saturated rings. The number of benzene rings is 1. The van der Waals surface area contributed by atoms with Crippen molar-refractivity contribution in [3.05, 3.63) is 58.9 Å². The molecule has 1 atom stereocenters. The largest absolute Gasteiger partial charge is 0.356 e. The fraction of sp³-hybridized carbons (Fsp3) is 0.400. The summed E-state index contributed by atoms with van der Waals surface area (Å²) in [5.74, 6) is -0.0936. The second-order valence-electron chi connectivity index (χ2n) is 6.49. The van der Waals surface area contributed by atoms with Crippen molar-refractivity contribution < 1.29 is 9.59 Å². The van der Waals surface area contributed by atoms with E-state index in [4.69, 9.17) is 11.6 Å². The Morgan fingerprint density at radius 3 is 2.73 bits per heavy atom. The lowest BCUT2D eigenvalue weighted by Crippen LogP contribution is -2.42. The lowest BCUT2D eigenvalue weighted by atomic mass is 9.99. The lowest BCUT2D eigenvalue weighted by molar-refractivity contribution is -0.136. The van der Waals surface area contributed by atoms with E-state index in [2.05, 4.69) is 9.88 Å². The SMILES string of the molecule is CCCNC(=O)CCC(=O)N1CCn2cccc2C1c1ccccc1Cl. The van der Waals surface area contributed by atoms with E-state index in [-0.39, 0.29) is 30.7 Å². The first kappa shape index (κ1) is 18.5. The summed E-state index contributed by atoms with van der Waals surface area (Å²) in [6.45, 7) is 4.00. The molecule has 1 aliphatic rings. The number of nitrogens with zero attached hydrogens (tertiary/aromatic N) is 2. The van der Waals surface area contributed by atoms with E-state index < -0.39 is 0 Å². The van der Waals surface area contributed by atoms with Gasteiger partial charge in [-0.25, -0.2) is 0 Å². The van der Waals surface area contributed by atoms with Crippen molar-refractivity contribution in [1.82, 2.24) is 14.8 Å². The summed E-state index contributed by atoms with van der Waals surface area (Å²) in [4.78, 5) is 26.6. The topological polar surface area (TPSA) is 54.3 Å². The van der Waals surface area contributed by atoms with E-state index >= 15 is 0 Å². The molecule has 1 aliphatic heterocycles. The Hall–Kier alpha value is -2.27. The van der Waals surface area contributed by atoms with Gasteiger partial charge in [0.15, 0.2) is 0 Å². The van der Waals surface area contributed by atoms with E-state index in [1.807, 2.05) is 54.4 Å². The van der Waals surface area contributed by atoms with Crippen LogP contribution in [0, 0.1) is 0 Å². The molecule has 0 aliphatic carbocycles. The molecule has 1 aromatic carbocycles. The molecule has 0 saturated carbocycles. The summed E-state index contributed by atoms with van der Waals surface area (Å²) in [7, 11) is 0. The van der Waals surface area contributed by atoms with Crippen LogP contribution in [0.2, 0.25) is 5.02 Å². The van der Waals surface area contributed by atoms with Crippen molar-refractivity contribution in [1.29, 1.82) is 0 Å². The van der Waals surface area contributed by atoms with E-state index in [0.29, 0.717) is 18.1 Å². The molecule has 3 rings (SSSR count). The molecular weight excluding hydrogens is 350 g/mol. The number of nitrogens with one attached hydrogen (secondary N) is 1. The van der Waals surface area contributed by atoms with Crippen LogP contribution in [0.3, 0.4) is 0 Å². The van der Waals surface area contributed by atoms with Crippen LogP contribution in [-0.2, 0) is 16.1 Å². The van der Waals surface area contributed by atoms with Crippen LogP contribution in [-0.4, -0.2) is 34.4 Å². The molecule has 0 spiro atoms. The van der Waals surface area contributed by atoms with Crippen molar-refractivity contribution >= 4 is 23.4 Å². The van der Waals surface area contributed by atoms with Crippen LogP contribution >= 0.6 is 11.6 Å². The molecular formula is C20H24ClN3O2. The van der Waals surface area contributed by atoms with Crippen molar-refractivity contribution in [2.75, 3.05) is 13.1 Å². The highest BCUT2D eigenvalue weighted by Crippen LogP contribution is 2.36. The summed E-state index contributed by atoms with van der Waals surface area (Å²) in [5, 5.41) is 3.46. The number of hydrogen-bond donors (Lipinski definition) is 1. The zero-order valence-electron chi connectivity index (χ0n) is 15.0. The molecule has 5 nitrogen and oxygen atoms in total. The number of amides is 2. The van der Waals surface area contributed by atoms with Crippen LogP contribution in [0.4, 0.5) is 0 Å². The minimum Gasteiger partial charge on any atom is -0.356 e. The summed E-state index contributed by atoms with van der Waals surface area (Å²) in [6.07, 6.45) is 3.33. The highest BCUT2D eigenvalue weighted by molar-refractivity contribution is 6.31. The van der Waals surface area contributed by atoms with Gasteiger partial charge in [0.05, 0.1) is 6.04 Å². The van der Waals surface area contributed by atoms with Gasteiger partial charge < -0.3 is 14.8 Å². The molecule has 1 aromatic heterocycles. The fourth-order valence-electron chi connectivity index (χ4n) is 3.39.